The van der Waals surface area contributed by atoms with Gasteiger partial charge in [0, 0.05) is 7.05 Å². The SMILES string of the molecule is Cn1cc([N+](=O)[O-])c(=O)[nH]1. The van der Waals surface area contributed by atoms with E-state index in [1.54, 1.807) is 0 Å². The lowest BCUT2D eigenvalue weighted by molar-refractivity contribution is -0.386. The summed E-state index contributed by atoms with van der Waals surface area (Å²) in [4.78, 5) is 19.8. The molecule has 6 heteroatoms. The van der Waals surface area contributed by atoms with Gasteiger partial charge in [-0.2, -0.15) is 0 Å². The second kappa shape index (κ2) is 1.98. The zero-order valence-electron chi connectivity index (χ0n) is 5.20. The lowest BCUT2D eigenvalue weighted by Crippen LogP contribution is -2.05. The van der Waals surface area contributed by atoms with Crippen molar-refractivity contribution in [1.29, 1.82) is 0 Å². The molecule has 1 aromatic heterocycles. The Morgan fingerprint density at radius 3 is 2.60 bits per heavy atom. The summed E-state index contributed by atoms with van der Waals surface area (Å²) in [6, 6.07) is 0. The second-order valence-electron chi connectivity index (χ2n) is 1.82. The molecule has 0 aliphatic carbocycles. The Labute approximate surface area is 55.2 Å². The molecule has 0 unspecified atom stereocenters. The maximum Gasteiger partial charge on any atom is 0.352 e. The van der Waals surface area contributed by atoms with Crippen LogP contribution >= 0.6 is 0 Å². The van der Waals surface area contributed by atoms with Crippen LogP contribution in [-0.4, -0.2) is 14.7 Å². The summed E-state index contributed by atoms with van der Waals surface area (Å²) in [5, 5.41) is 12.2. The first-order valence-corrected chi connectivity index (χ1v) is 2.51. The number of nitro groups is 1. The first-order valence-electron chi connectivity index (χ1n) is 2.51. The predicted octanol–water partition coefficient (Wildman–Crippen LogP) is -0.378. The van der Waals surface area contributed by atoms with E-state index in [2.05, 4.69) is 5.10 Å². The highest BCUT2D eigenvalue weighted by Gasteiger charge is 2.12. The number of aromatic amines is 1. The molecule has 0 saturated heterocycles. The monoisotopic (exact) mass is 143 g/mol. The average molecular weight is 143 g/mol. The van der Waals surface area contributed by atoms with E-state index in [4.69, 9.17) is 0 Å². The fraction of sp³-hybridized carbons (Fsp3) is 0.250. The molecule has 0 atom stereocenters. The molecule has 0 saturated carbocycles. The first-order chi connectivity index (χ1) is 4.61. The van der Waals surface area contributed by atoms with E-state index < -0.39 is 16.2 Å². The molecule has 0 aliphatic heterocycles. The van der Waals surface area contributed by atoms with Crippen LogP contribution < -0.4 is 5.56 Å². The van der Waals surface area contributed by atoms with Crippen LogP contribution in [0.15, 0.2) is 11.0 Å². The Hall–Kier alpha value is -1.59. The van der Waals surface area contributed by atoms with E-state index in [0.717, 1.165) is 6.20 Å². The van der Waals surface area contributed by atoms with E-state index in [0.29, 0.717) is 0 Å². The number of nitrogens with one attached hydrogen (secondary N) is 1. The van der Waals surface area contributed by atoms with E-state index in [9.17, 15) is 14.9 Å². The number of hydrogen-bond donors (Lipinski definition) is 1. The minimum Gasteiger partial charge on any atom is -0.288 e. The van der Waals surface area contributed by atoms with Crippen molar-refractivity contribution in [3.63, 3.8) is 0 Å². The van der Waals surface area contributed by atoms with Crippen LogP contribution in [0.1, 0.15) is 0 Å². The maximum absolute atomic E-state index is 10.6. The molecule has 1 aromatic rings. The molecular formula is C4H5N3O3. The van der Waals surface area contributed by atoms with Crippen LogP contribution in [0.4, 0.5) is 5.69 Å². The Morgan fingerprint density at radius 1 is 1.80 bits per heavy atom. The molecule has 54 valence electrons. The zero-order chi connectivity index (χ0) is 7.72. The summed E-state index contributed by atoms with van der Waals surface area (Å²) >= 11 is 0. The molecule has 0 fully saturated rings. The lowest BCUT2D eigenvalue weighted by atomic mass is 10.6. The van der Waals surface area contributed by atoms with E-state index >= 15 is 0 Å². The smallest absolute Gasteiger partial charge is 0.288 e. The maximum atomic E-state index is 10.6. The molecule has 1 rings (SSSR count). The Kier molecular flexibility index (Phi) is 1.29. The van der Waals surface area contributed by atoms with Crippen molar-refractivity contribution in [1.82, 2.24) is 9.78 Å². The van der Waals surface area contributed by atoms with Gasteiger partial charge in [0.2, 0.25) is 0 Å². The number of nitrogens with zero attached hydrogens (tertiary/aromatic N) is 2. The van der Waals surface area contributed by atoms with Crippen molar-refractivity contribution in [3.8, 4) is 0 Å². The van der Waals surface area contributed by atoms with E-state index in [1.165, 1.54) is 11.7 Å². The summed E-state index contributed by atoms with van der Waals surface area (Å²) < 4.78 is 1.24. The van der Waals surface area contributed by atoms with E-state index in [-0.39, 0.29) is 0 Å². The number of aromatic nitrogens is 2. The molecule has 1 heterocycles. The van der Waals surface area contributed by atoms with Gasteiger partial charge in [0.15, 0.2) is 0 Å². The van der Waals surface area contributed by atoms with E-state index in [1.807, 2.05) is 0 Å². The molecule has 0 spiro atoms. The number of aryl methyl sites for hydroxylation is 1. The summed E-state index contributed by atoms with van der Waals surface area (Å²) in [5.41, 5.74) is -1.10. The Morgan fingerprint density at radius 2 is 2.40 bits per heavy atom. The van der Waals surface area contributed by atoms with Gasteiger partial charge in [-0.25, -0.2) is 0 Å². The molecule has 0 aromatic carbocycles. The Bertz CT molecular complexity index is 310. The van der Waals surface area contributed by atoms with Crippen LogP contribution in [0, 0.1) is 10.1 Å². The van der Waals surface area contributed by atoms with Crippen LogP contribution in [0.5, 0.6) is 0 Å². The zero-order valence-corrected chi connectivity index (χ0v) is 5.20. The molecule has 1 N–H and O–H groups in total. The normalized spacial score (nSPS) is 9.70. The summed E-state index contributed by atoms with van der Waals surface area (Å²) in [6.45, 7) is 0. The van der Waals surface area contributed by atoms with Crippen LogP contribution in [0.25, 0.3) is 0 Å². The largest absolute Gasteiger partial charge is 0.352 e. The summed E-state index contributed by atoms with van der Waals surface area (Å²) in [6.07, 6.45) is 1.13. The quantitative estimate of drug-likeness (QED) is 0.429. The fourth-order valence-electron chi connectivity index (χ4n) is 0.622. The molecule has 0 bridgehead atoms. The summed E-state index contributed by atoms with van der Waals surface area (Å²) in [5.74, 6) is 0. The number of hydrogen-bond acceptors (Lipinski definition) is 3. The lowest BCUT2D eigenvalue weighted by Gasteiger charge is -1.80. The molecule has 6 nitrogen and oxygen atoms in total. The predicted molar refractivity (Wildman–Crippen MR) is 32.7 cm³/mol. The fourth-order valence-corrected chi connectivity index (χ4v) is 0.622. The van der Waals surface area contributed by atoms with Gasteiger partial charge in [-0.05, 0) is 0 Å². The average Bonchev–Trinajstić information content (AvgIpc) is 2.10. The van der Waals surface area contributed by atoms with Gasteiger partial charge in [-0.15, -0.1) is 0 Å². The minimum atomic E-state index is -0.723. The highest BCUT2D eigenvalue weighted by atomic mass is 16.6. The highest BCUT2D eigenvalue weighted by molar-refractivity contribution is 5.20. The van der Waals surface area contributed by atoms with Gasteiger partial charge in [0.1, 0.15) is 6.20 Å². The van der Waals surface area contributed by atoms with Crippen molar-refractivity contribution in [3.05, 3.63) is 26.7 Å². The van der Waals surface area contributed by atoms with Crippen molar-refractivity contribution in [2.75, 3.05) is 0 Å². The molecular weight excluding hydrogens is 138 g/mol. The van der Waals surface area contributed by atoms with Crippen molar-refractivity contribution < 1.29 is 4.92 Å². The Balaban J connectivity index is 3.29. The topological polar surface area (TPSA) is 80.9 Å². The highest BCUT2D eigenvalue weighted by Crippen LogP contribution is 1.98. The second-order valence-corrected chi connectivity index (χ2v) is 1.82. The number of H-pyrrole nitrogens is 1. The van der Waals surface area contributed by atoms with Gasteiger partial charge in [-0.1, -0.05) is 0 Å². The molecule has 0 amide bonds. The molecule has 0 aliphatic rings. The van der Waals surface area contributed by atoms with Gasteiger partial charge < -0.3 is 0 Å². The molecule has 10 heavy (non-hydrogen) atoms. The van der Waals surface area contributed by atoms with Crippen LogP contribution in [0.2, 0.25) is 0 Å². The van der Waals surface area contributed by atoms with Crippen LogP contribution in [-0.2, 0) is 7.05 Å². The summed E-state index contributed by atoms with van der Waals surface area (Å²) in [7, 11) is 1.51. The van der Waals surface area contributed by atoms with Crippen molar-refractivity contribution in [2.24, 2.45) is 7.05 Å². The number of rotatable bonds is 1. The third kappa shape index (κ3) is 0.903. The minimum absolute atomic E-state index is 0.428. The van der Waals surface area contributed by atoms with Crippen LogP contribution in [0.3, 0.4) is 0 Å². The van der Waals surface area contributed by atoms with Gasteiger partial charge >= 0.3 is 11.2 Å². The third-order valence-electron chi connectivity index (χ3n) is 1.02. The van der Waals surface area contributed by atoms with Crippen molar-refractivity contribution >= 4 is 5.69 Å². The van der Waals surface area contributed by atoms with Crippen molar-refractivity contribution in [2.45, 2.75) is 0 Å². The van der Waals surface area contributed by atoms with Gasteiger partial charge in [-0.3, -0.25) is 24.7 Å². The third-order valence-corrected chi connectivity index (χ3v) is 1.02. The molecule has 0 radical (unpaired) electrons. The first kappa shape index (κ1) is 6.53. The standard InChI is InChI=1S/C4H5N3O3/c1-6-2-3(7(9)10)4(8)5-6/h2H,1H3,(H,5,8). The van der Waals surface area contributed by atoms with Gasteiger partial charge in [0.25, 0.3) is 0 Å². The van der Waals surface area contributed by atoms with Gasteiger partial charge in [0.05, 0.1) is 4.92 Å².